The van der Waals surface area contributed by atoms with Crippen LogP contribution in [0.5, 0.6) is 0 Å². The van der Waals surface area contributed by atoms with Gasteiger partial charge < -0.3 is 9.72 Å². The third-order valence-corrected chi connectivity index (χ3v) is 3.23. The van der Waals surface area contributed by atoms with Crippen molar-refractivity contribution in [2.45, 2.75) is 32.8 Å². The highest BCUT2D eigenvalue weighted by molar-refractivity contribution is 14.1. The van der Waals surface area contributed by atoms with Crippen molar-refractivity contribution in [2.75, 3.05) is 7.11 Å². The minimum atomic E-state index is -0.188. The van der Waals surface area contributed by atoms with Gasteiger partial charge in [-0.05, 0) is 35.4 Å². The molecule has 0 radical (unpaired) electrons. The Labute approximate surface area is 103 Å². The van der Waals surface area contributed by atoms with Crippen molar-refractivity contribution in [2.24, 2.45) is 0 Å². The topological polar surface area (TPSA) is 55.0 Å². The average Bonchev–Trinajstić information content (AvgIpc) is 2.20. The molecule has 1 rings (SSSR count). The minimum Gasteiger partial charge on any atom is -0.374 e. The van der Waals surface area contributed by atoms with E-state index in [1.54, 1.807) is 7.11 Å². The summed E-state index contributed by atoms with van der Waals surface area (Å²) in [6.07, 6.45) is -0.188. The minimum absolute atomic E-state index is 0.0896. The molecule has 0 fully saturated rings. The number of nitrogens with one attached hydrogen (secondary N) is 1. The van der Waals surface area contributed by atoms with Crippen molar-refractivity contribution in [3.63, 3.8) is 0 Å². The second-order valence-corrected chi connectivity index (χ2v) is 4.76. The first-order chi connectivity index (χ1) is 6.97. The van der Waals surface area contributed by atoms with E-state index < -0.39 is 0 Å². The molecule has 0 bridgehead atoms. The normalized spacial score (nSPS) is 13.2. The van der Waals surface area contributed by atoms with Crippen LogP contribution in [0.2, 0.25) is 0 Å². The summed E-state index contributed by atoms with van der Waals surface area (Å²) in [7, 11) is 1.59. The van der Waals surface area contributed by atoms with Gasteiger partial charge in [-0.1, -0.05) is 13.8 Å². The Kier molecular flexibility index (Phi) is 4.27. The fourth-order valence-electron chi connectivity index (χ4n) is 1.18. The lowest BCUT2D eigenvalue weighted by atomic mass is 10.1. The first-order valence-corrected chi connectivity index (χ1v) is 5.87. The molecule has 0 saturated carbocycles. The van der Waals surface area contributed by atoms with Gasteiger partial charge >= 0.3 is 0 Å². The first kappa shape index (κ1) is 12.6. The average molecular weight is 322 g/mol. The SMILES string of the molecule is COC(C)c1nc(C(C)C)c(I)c(=O)[nH]1. The summed E-state index contributed by atoms with van der Waals surface area (Å²) < 4.78 is 5.79. The lowest BCUT2D eigenvalue weighted by Gasteiger charge is -2.12. The summed E-state index contributed by atoms with van der Waals surface area (Å²) in [6.45, 7) is 5.89. The van der Waals surface area contributed by atoms with Crippen LogP contribution in [0.3, 0.4) is 0 Å². The molecule has 1 atom stereocenters. The molecule has 0 saturated heterocycles. The monoisotopic (exact) mass is 322 g/mol. The molecule has 0 amide bonds. The van der Waals surface area contributed by atoms with Gasteiger partial charge in [-0.2, -0.15) is 0 Å². The molecule has 0 aliphatic carbocycles. The first-order valence-electron chi connectivity index (χ1n) is 4.79. The van der Waals surface area contributed by atoms with Crippen molar-refractivity contribution in [1.82, 2.24) is 9.97 Å². The Hall–Kier alpha value is -0.430. The third-order valence-electron chi connectivity index (χ3n) is 2.19. The van der Waals surface area contributed by atoms with Crippen molar-refractivity contribution < 1.29 is 4.74 Å². The van der Waals surface area contributed by atoms with Gasteiger partial charge in [0.25, 0.3) is 5.56 Å². The number of ether oxygens (including phenoxy) is 1. The Morgan fingerprint density at radius 3 is 2.47 bits per heavy atom. The van der Waals surface area contributed by atoms with E-state index in [2.05, 4.69) is 9.97 Å². The molecule has 84 valence electrons. The van der Waals surface area contributed by atoms with Crippen LogP contribution < -0.4 is 5.56 Å². The third kappa shape index (κ3) is 2.78. The van der Waals surface area contributed by atoms with E-state index in [0.717, 1.165) is 5.69 Å². The fourth-order valence-corrected chi connectivity index (χ4v) is 2.06. The molecular formula is C10H15IN2O2. The molecule has 1 unspecified atom stereocenters. The highest BCUT2D eigenvalue weighted by Crippen LogP contribution is 2.18. The van der Waals surface area contributed by atoms with E-state index in [1.165, 1.54) is 0 Å². The van der Waals surface area contributed by atoms with E-state index in [0.29, 0.717) is 9.39 Å². The smallest absolute Gasteiger partial charge is 0.264 e. The van der Waals surface area contributed by atoms with Crippen LogP contribution in [0, 0.1) is 3.57 Å². The quantitative estimate of drug-likeness (QED) is 0.868. The lowest BCUT2D eigenvalue weighted by molar-refractivity contribution is 0.111. The predicted molar refractivity (Wildman–Crippen MR) is 67.1 cm³/mol. The molecule has 1 aromatic rings. The second kappa shape index (κ2) is 5.07. The summed E-state index contributed by atoms with van der Waals surface area (Å²) in [4.78, 5) is 18.8. The van der Waals surface area contributed by atoms with Gasteiger partial charge in [0.15, 0.2) is 0 Å². The maximum Gasteiger partial charge on any atom is 0.264 e. The standard InChI is InChI=1S/C10H15IN2O2/c1-5(2)8-7(11)10(14)13-9(12-8)6(3)15-4/h5-6H,1-4H3,(H,12,13,14). The largest absolute Gasteiger partial charge is 0.374 e. The van der Waals surface area contributed by atoms with Gasteiger partial charge in [0.2, 0.25) is 0 Å². The lowest BCUT2D eigenvalue weighted by Crippen LogP contribution is -2.20. The molecular weight excluding hydrogens is 307 g/mol. The number of rotatable bonds is 3. The number of methoxy groups -OCH3 is 1. The highest BCUT2D eigenvalue weighted by atomic mass is 127. The maximum absolute atomic E-state index is 11.6. The van der Waals surface area contributed by atoms with Crippen LogP contribution in [-0.2, 0) is 4.74 Å². The van der Waals surface area contributed by atoms with E-state index in [4.69, 9.17) is 4.74 Å². The molecule has 1 heterocycles. The molecule has 15 heavy (non-hydrogen) atoms. The van der Waals surface area contributed by atoms with Crippen LogP contribution in [0.1, 0.15) is 44.3 Å². The zero-order valence-corrected chi connectivity index (χ0v) is 11.5. The van der Waals surface area contributed by atoms with E-state index in [9.17, 15) is 4.79 Å². The zero-order valence-electron chi connectivity index (χ0n) is 9.30. The van der Waals surface area contributed by atoms with Gasteiger partial charge in [0.1, 0.15) is 11.9 Å². The molecule has 0 aromatic carbocycles. The van der Waals surface area contributed by atoms with Crippen LogP contribution in [0.4, 0.5) is 0 Å². The number of hydrogen-bond acceptors (Lipinski definition) is 3. The number of aromatic nitrogens is 2. The summed E-state index contributed by atoms with van der Waals surface area (Å²) in [5.74, 6) is 0.827. The fraction of sp³-hybridized carbons (Fsp3) is 0.600. The summed E-state index contributed by atoms with van der Waals surface area (Å²) in [5, 5.41) is 0. The van der Waals surface area contributed by atoms with E-state index >= 15 is 0 Å². The van der Waals surface area contributed by atoms with E-state index in [-0.39, 0.29) is 17.6 Å². The van der Waals surface area contributed by atoms with Crippen molar-refractivity contribution in [1.29, 1.82) is 0 Å². The van der Waals surface area contributed by atoms with Crippen LogP contribution in [0.15, 0.2) is 4.79 Å². The van der Waals surface area contributed by atoms with Gasteiger partial charge in [-0.3, -0.25) is 4.79 Å². The predicted octanol–water partition coefficient (Wildman–Crippen LogP) is 2.21. The number of hydrogen-bond donors (Lipinski definition) is 1. The maximum atomic E-state index is 11.6. The van der Waals surface area contributed by atoms with Gasteiger partial charge in [-0.15, -0.1) is 0 Å². The van der Waals surface area contributed by atoms with E-state index in [1.807, 2.05) is 43.4 Å². The Bertz CT molecular complexity index is 401. The van der Waals surface area contributed by atoms with Crippen LogP contribution in [0.25, 0.3) is 0 Å². The van der Waals surface area contributed by atoms with Crippen molar-refractivity contribution in [3.05, 3.63) is 25.4 Å². The molecule has 0 aliphatic heterocycles. The number of aromatic amines is 1. The number of H-pyrrole nitrogens is 1. The number of halogens is 1. The molecule has 5 heteroatoms. The molecule has 0 aliphatic rings. The van der Waals surface area contributed by atoms with Crippen molar-refractivity contribution in [3.8, 4) is 0 Å². The van der Waals surface area contributed by atoms with Crippen LogP contribution >= 0.6 is 22.6 Å². The zero-order chi connectivity index (χ0) is 11.6. The highest BCUT2D eigenvalue weighted by Gasteiger charge is 2.15. The molecule has 1 aromatic heterocycles. The summed E-state index contributed by atoms with van der Waals surface area (Å²) in [5.41, 5.74) is 0.742. The molecule has 4 nitrogen and oxygen atoms in total. The Balaban J connectivity index is 3.29. The van der Waals surface area contributed by atoms with Gasteiger partial charge in [0, 0.05) is 7.11 Å². The van der Waals surface area contributed by atoms with Gasteiger partial charge in [0.05, 0.1) is 9.26 Å². The van der Waals surface area contributed by atoms with Gasteiger partial charge in [-0.25, -0.2) is 4.98 Å². The van der Waals surface area contributed by atoms with Crippen molar-refractivity contribution >= 4 is 22.6 Å². The summed E-state index contributed by atoms with van der Waals surface area (Å²) >= 11 is 2.03. The molecule has 0 spiro atoms. The second-order valence-electron chi connectivity index (χ2n) is 3.68. The Morgan fingerprint density at radius 1 is 1.40 bits per heavy atom. The Morgan fingerprint density at radius 2 is 2.00 bits per heavy atom. The molecule has 1 N–H and O–H groups in total. The number of nitrogens with zero attached hydrogens (tertiary/aromatic N) is 1. The summed E-state index contributed by atoms with van der Waals surface area (Å²) in [6, 6.07) is 0. The van der Waals surface area contributed by atoms with Crippen LogP contribution in [-0.4, -0.2) is 17.1 Å².